The van der Waals surface area contributed by atoms with Gasteiger partial charge in [-0.15, -0.1) is 0 Å². The lowest BCUT2D eigenvalue weighted by atomic mass is 10.3. The zero-order valence-corrected chi connectivity index (χ0v) is 7.10. The number of amides is 3. The van der Waals surface area contributed by atoms with E-state index in [4.69, 9.17) is 0 Å². The Balaban J connectivity index is 2.53. The van der Waals surface area contributed by atoms with Crippen LogP contribution >= 0.6 is 0 Å². The van der Waals surface area contributed by atoms with Crippen molar-refractivity contribution in [1.82, 2.24) is 10.6 Å². The van der Waals surface area contributed by atoms with Gasteiger partial charge < -0.3 is 10.1 Å². The first kappa shape index (κ1) is 11.7. The quantitative estimate of drug-likeness (QED) is 0.659. The van der Waals surface area contributed by atoms with Crippen LogP contribution in [0.1, 0.15) is 0 Å². The van der Waals surface area contributed by atoms with Crippen molar-refractivity contribution in [2.24, 2.45) is 0 Å². The minimum Gasteiger partial charge on any atom is -0.345 e. The highest BCUT2D eigenvalue weighted by molar-refractivity contribution is 5.99. The molecule has 0 saturated carbocycles. The highest BCUT2D eigenvalue weighted by atomic mass is 19.4. The van der Waals surface area contributed by atoms with Crippen LogP contribution in [0.4, 0.5) is 22.4 Å². The zero-order valence-electron chi connectivity index (χ0n) is 7.10. The zero-order chi connectivity index (χ0) is 11.6. The fourth-order valence-corrected chi connectivity index (χ4v) is 0.867. The van der Waals surface area contributed by atoms with E-state index in [-0.39, 0.29) is 0 Å². The molecule has 0 aromatic heterocycles. The molecule has 1 fully saturated rings. The highest BCUT2D eigenvalue weighted by Gasteiger charge is 2.39. The molecule has 1 aliphatic rings. The Morgan fingerprint density at radius 2 is 1.93 bits per heavy atom. The maximum absolute atomic E-state index is 12.9. The number of imide groups is 1. The minimum atomic E-state index is -4.65. The van der Waals surface area contributed by atoms with Crippen LogP contribution in [0.2, 0.25) is 0 Å². The monoisotopic (exact) mass is 230 g/mol. The summed E-state index contributed by atoms with van der Waals surface area (Å²) in [4.78, 5) is 21.2. The van der Waals surface area contributed by atoms with Gasteiger partial charge in [0, 0.05) is 0 Å². The SMILES string of the molecule is O=C1NC(=O)C(F)C(OCC(F)(F)F)N1. The summed E-state index contributed by atoms with van der Waals surface area (Å²) in [7, 11) is 0. The third kappa shape index (κ3) is 3.35. The van der Waals surface area contributed by atoms with Crippen molar-refractivity contribution in [3.05, 3.63) is 0 Å². The molecule has 0 aromatic carbocycles. The van der Waals surface area contributed by atoms with Crippen molar-refractivity contribution < 1.29 is 31.9 Å². The molecule has 2 atom stereocenters. The van der Waals surface area contributed by atoms with E-state index in [0.717, 1.165) is 0 Å². The number of carbonyl (C=O) groups is 2. The summed E-state index contributed by atoms with van der Waals surface area (Å²) in [6.07, 6.45) is -8.92. The molecule has 0 radical (unpaired) electrons. The van der Waals surface area contributed by atoms with Crippen LogP contribution in [0.25, 0.3) is 0 Å². The van der Waals surface area contributed by atoms with Gasteiger partial charge >= 0.3 is 12.2 Å². The van der Waals surface area contributed by atoms with Gasteiger partial charge in [-0.3, -0.25) is 10.1 Å². The normalized spacial score (nSPS) is 27.2. The number of alkyl halides is 4. The molecule has 1 rings (SSSR count). The second-order valence-electron chi connectivity index (χ2n) is 2.71. The number of halogens is 4. The standard InChI is InChI=1S/C6H6F4N2O3/c7-2-3(13)11-5(14)12-4(2)15-1-6(8,9)10/h2,4H,1H2,(H2,11,12,13,14). The van der Waals surface area contributed by atoms with Crippen LogP contribution in [-0.4, -0.2) is 37.1 Å². The van der Waals surface area contributed by atoms with Gasteiger partial charge in [0.2, 0.25) is 6.17 Å². The Morgan fingerprint density at radius 1 is 1.33 bits per heavy atom. The number of carbonyl (C=O) groups excluding carboxylic acids is 2. The predicted molar refractivity (Wildman–Crippen MR) is 37.4 cm³/mol. The molecule has 9 heteroatoms. The fourth-order valence-electron chi connectivity index (χ4n) is 0.867. The van der Waals surface area contributed by atoms with Crippen LogP contribution in [-0.2, 0) is 9.53 Å². The summed E-state index contributed by atoms with van der Waals surface area (Å²) in [5.41, 5.74) is 0. The van der Waals surface area contributed by atoms with E-state index >= 15 is 0 Å². The van der Waals surface area contributed by atoms with Crippen LogP contribution < -0.4 is 10.6 Å². The van der Waals surface area contributed by atoms with E-state index in [2.05, 4.69) is 4.74 Å². The number of hydrogen-bond donors (Lipinski definition) is 2. The lowest BCUT2D eigenvalue weighted by Gasteiger charge is -2.26. The van der Waals surface area contributed by atoms with Gasteiger partial charge in [0.25, 0.3) is 5.91 Å². The van der Waals surface area contributed by atoms with Crippen molar-refractivity contribution in [3.63, 3.8) is 0 Å². The first-order valence-corrected chi connectivity index (χ1v) is 3.73. The average molecular weight is 230 g/mol. The van der Waals surface area contributed by atoms with Crippen molar-refractivity contribution >= 4 is 11.9 Å². The molecule has 0 aliphatic carbocycles. The van der Waals surface area contributed by atoms with Crippen LogP contribution in [0.15, 0.2) is 0 Å². The summed E-state index contributed by atoms with van der Waals surface area (Å²) in [5, 5.41) is 3.23. The van der Waals surface area contributed by atoms with Crippen molar-refractivity contribution in [2.75, 3.05) is 6.61 Å². The number of nitrogens with one attached hydrogen (secondary N) is 2. The fraction of sp³-hybridized carbons (Fsp3) is 0.667. The van der Waals surface area contributed by atoms with Gasteiger partial charge in [0.05, 0.1) is 0 Å². The summed E-state index contributed by atoms with van der Waals surface area (Å²) < 4.78 is 51.9. The average Bonchev–Trinajstić information content (AvgIpc) is 2.07. The summed E-state index contributed by atoms with van der Waals surface area (Å²) in [6.45, 7) is -1.74. The summed E-state index contributed by atoms with van der Waals surface area (Å²) >= 11 is 0. The molecule has 86 valence electrons. The van der Waals surface area contributed by atoms with E-state index in [0.29, 0.717) is 0 Å². The van der Waals surface area contributed by atoms with E-state index in [1.54, 1.807) is 5.32 Å². The molecule has 5 nitrogen and oxygen atoms in total. The molecule has 0 bridgehead atoms. The third-order valence-corrected chi connectivity index (χ3v) is 1.45. The largest absolute Gasteiger partial charge is 0.411 e. The molecule has 0 spiro atoms. The van der Waals surface area contributed by atoms with E-state index in [1.165, 1.54) is 5.32 Å². The maximum Gasteiger partial charge on any atom is 0.411 e. The van der Waals surface area contributed by atoms with Crippen molar-refractivity contribution in [1.29, 1.82) is 0 Å². The van der Waals surface area contributed by atoms with Gasteiger partial charge in [0.15, 0.2) is 6.23 Å². The van der Waals surface area contributed by atoms with Crippen LogP contribution in [0, 0.1) is 0 Å². The third-order valence-electron chi connectivity index (χ3n) is 1.45. The minimum absolute atomic E-state index is 1.10. The molecule has 1 saturated heterocycles. The summed E-state index contributed by atoms with van der Waals surface area (Å²) in [5.74, 6) is -1.33. The molecule has 1 aliphatic heterocycles. The second kappa shape index (κ2) is 4.01. The highest BCUT2D eigenvalue weighted by Crippen LogP contribution is 2.17. The Kier molecular flexibility index (Phi) is 3.12. The van der Waals surface area contributed by atoms with Gasteiger partial charge in [-0.25, -0.2) is 9.18 Å². The lowest BCUT2D eigenvalue weighted by Crippen LogP contribution is -2.60. The van der Waals surface area contributed by atoms with Gasteiger partial charge in [-0.1, -0.05) is 0 Å². The first-order valence-electron chi connectivity index (χ1n) is 3.73. The number of rotatable bonds is 2. The maximum atomic E-state index is 12.9. The Bertz CT molecular complexity index is 280. The summed E-state index contributed by atoms with van der Waals surface area (Å²) in [6, 6.07) is -1.10. The molecule has 0 aromatic rings. The smallest absolute Gasteiger partial charge is 0.345 e. The van der Waals surface area contributed by atoms with Gasteiger partial charge in [0.1, 0.15) is 6.61 Å². The van der Waals surface area contributed by atoms with E-state index in [9.17, 15) is 27.2 Å². The predicted octanol–water partition coefficient (Wildman–Crippen LogP) is 0.0689. The van der Waals surface area contributed by atoms with Gasteiger partial charge in [-0.05, 0) is 0 Å². The molecular formula is C6H6F4N2O3. The van der Waals surface area contributed by atoms with Gasteiger partial charge in [-0.2, -0.15) is 13.2 Å². The number of urea groups is 1. The first-order chi connectivity index (χ1) is 6.79. The molecule has 15 heavy (non-hydrogen) atoms. The van der Waals surface area contributed by atoms with Crippen molar-refractivity contribution in [3.8, 4) is 0 Å². The number of hydrogen-bond acceptors (Lipinski definition) is 3. The molecule has 1 heterocycles. The van der Waals surface area contributed by atoms with E-state index < -0.39 is 37.1 Å². The van der Waals surface area contributed by atoms with E-state index in [1.807, 2.05) is 0 Å². The second-order valence-corrected chi connectivity index (χ2v) is 2.71. The molecule has 2 N–H and O–H groups in total. The molecular weight excluding hydrogens is 224 g/mol. The Hall–Kier alpha value is -1.38. The number of ether oxygens (including phenoxy) is 1. The lowest BCUT2D eigenvalue weighted by molar-refractivity contribution is -0.195. The molecule has 3 amide bonds. The van der Waals surface area contributed by atoms with Crippen LogP contribution in [0.5, 0.6) is 0 Å². The Labute approximate surface area is 80.8 Å². The Morgan fingerprint density at radius 3 is 2.47 bits per heavy atom. The van der Waals surface area contributed by atoms with Crippen LogP contribution in [0.3, 0.4) is 0 Å². The molecule has 2 unspecified atom stereocenters. The van der Waals surface area contributed by atoms with Crippen molar-refractivity contribution in [2.45, 2.75) is 18.6 Å². The topological polar surface area (TPSA) is 67.4 Å².